The zero-order chi connectivity index (χ0) is 56.4. The fourth-order valence-corrected chi connectivity index (χ4v) is 11.5. The standard InChI is InChI=1S/C72H69N3O6/c1-49-31-61-43-73(40-58-28-16-13-25-55(58)37-67(76)52-19-7-4-8-20-52)45-63-33-50(2)35-65(71(63)80)47-75(42-60-30-18-15-27-57(60)39-69(78)54-23-11-6-12-24-54)48-66-36-51(3)34-64(72(66)81)46-74(44-62(32-49)70(61)79)41-59-29-17-14-26-56(59)38-68(77)53-21-9-5-10-22-53/h4-36,79-81H,37-48H2,1-3H3. The third-order valence-electron chi connectivity index (χ3n) is 15.5. The largest absolute Gasteiger partial charge is 0.507 e. The summed E-state index contributed by atoms with van der Waals surface area (Å²) in [5.74, 6) is 0.516. The van der Waals surface area contributed by atoms with Crippen molar-refractivity contribution >= 4 is 17.3 Å². The SMILES string of the molecule is Cc1cc2c(O)c(c1)CN(Cc1ccccc1CC(=O)c1ccccc1)Cc1cc(C)cc(c1O)CN(Cc1ccccc1CC(=O)c1ccccc1)Cc1cc(C)cc(c1O)CN(Cc1ccccc1CC(=O)c1ccccc1)C2. The Bertz CT molecular complexity index is 3240. The molecule has 9 heteroatoms. The average Bonchev–Trinajstić information content (AvgIpc) is 3.52. The van der Waals surface area contributed by atoms with E-state index in [1.54, 1.807) is 0 Å². The number of rotatable bonds is 15. The Kier molecular flexibility index (Phi) is 17.6. The highest BCUT2D eigenvalue weighted by Gasteiger charge is 2.25. The lowest BCUT2D eigenvalue weighted by atomic mass is 9.96. The summed E-state index contributed by atoms with van der Waals surface area (Å²) in [6.07, 6.45) is 0.636. The Morgan fingerprint density at radius 1 is 0.309 bits per heavy atom. The Labute approximate surface area is 476 Å². The van der Waals surface area contributed by atoms with Gasteiger partial charge in [-0.25, -0.2) is 0 Å². The van der Waals surface area contributed by atoms with Crippen LogP contribution in [0.4, 0.5) is 0 Å². The van der Waals surface area contributed by atoms with Gasteiger partial charge in [0.05, 0.1) is 0 Å². The molecular weight excluding hydrogens is 1000 g/mol. The molecule has 6 bridgehead atoms. The van der Waals surface area contributed by atoms with Crippen molar-refractivity contribution in [1.82, 2.24) is 14.7 Å². The van der Waals surface area contributed by atoms with Crippen molar-refractivity contribution in [1.29, 1.82) is 0 Å². The van der Waals surface area contributed by atoms with Crippen molar-refractivity contribution in [2.75, 3.05) is 0 Å². The summed E-state index contributed by atoms with van der Waals surface area (Å²) < 4.78 is 0. The number of hydrogen-bond donors (Lipinski definition) is 3. The van der Waals surface area contributed by atoms with E-state index in [0.29, 0.717) is 109 Å². The monoisotopic (exact) mass is 1070 g/mol. The minimum Gasteiger partial charge on any atom is -0.507 e. The lowest BCUT2D eigenvalue weighted by Crippen LogP contribution is -2.26. The van der Waals surface area contributed by atoms with Gasteiger partial charge in [-0.15, -0.1) is 0 Å². The zero-order valence-electron chi connectivity index (χ0n) is 46.4. The van der Waals surface area contributed by atoms with E-state index < -0.39 is 0 Å². The molecule has 0 unspecified atom stereocenters. The molecule has 0 amide bonds. The Balaban J connectivity index is 1.08. The van der Waals surface area contributed by atoms with Gasteiger partial charge in [-0.05, 0) is 54.2 Å². The third-order valence-corrected chi connectivity index (χ3v) is 15.5. The van der Waals surface area contributed by atoms with Gasteiger partial charge < -0.3 is 15.3 Å². The smallest absolute Gasteiger partial charge is 0.167 e. The van der Waals surface area contributed by atoms with Crippen molar-refractivity contribution in [3.63, 3.8) is 0 Å². The van der Waals surface area contributed by atoms with Gasteiger partial charge in [-0.3, -0.25) is 29.1 Å². The maximum absolute atomic E-state index is 13.8. The summed E-state index contributed by atoms with van der Waals surface area (Å²) >= 11 is 0. The van der Waals surface area contributed by atoms with Crippen LogP contribution in [-0.4, -0.2) is 47.4 Å². The van der Waals surface area contributed by atoms with Crippen LogP contribution < -0.4 is 0 Å². The van der Waals surface area contributed by atoms with Gasteiger partial charge >= 0.3 is 0 Å². The summed E-state index contributed by atoms with van der Waals surface area (Å²) in [6.45, 7) is 9.16. The van der Waals surface area contributed by atoms with Crippen LogP contribution in [0.2, 0.25) is 0 Å². The molecule has 0 saturated heterocycles. The Hall–Kier alpha value is -8.73. The first kappa shape index (κ1) is 55.6. The Morgan fingerprint density at radius 2 is 0.506 bits per heavy atom. The molecule has 81 heavy (non-hydrogen) atoms. The number of carbonyl (C=O) groups excluding carboxylic acids is 3. The van der Waals surface area contributed by atoms with Crippen LogP contribution in [0.3, 0.4) is 0 Å². The predicted molar refractivity (Wildman–Crippen MR) is 320 cm³/mol. The van der Waals surface area contributed by atoms with E-state index in [2.05, 4.69) is 32.9 Å². The predicted octanol–water partition coefficient (Wildman–Crippen LogP) is 13.9. The summed E-state index contributed by atoms with van der Waals surface area (Å²) in [7, 11) is 0. The Morgan fingerprint density at radius 3 is 0.728 bits per heavy atom. The third kappa shape index (κ3) is 14.0. The number of hydrogen-bond acceptors (Lipinski definition) is 9. The molecule has 0 aromatic heterocycles. The quantitative estimate of drug-likeness (QED) is 0.0862. The first-order valence-electron chi connectivity index (χ1n) is 27.9. The molecule has 0 atom stereocenters. The molecule has 1 aliphatic rings. The summed E-state index contributed by atoms with van der Waals surface area (Å²) in [5.41, 5.74) is 14.7. The molecular formula is C72H69N3O6. The molecule has 0 saturated carbocycles. The number of carbonyl (C=O) groups is 3. The molecule has 0 radical (unpaired) electrons. The number of ketones is 3. The van der Waals surface area contributed by atoms with Crippen LogP contribution in [-0.2, 0) is 78.2 Å². The number of phenols is 3. The van der Waals surface area contributed by atoms with E-state index in [1.807, 2.05) is 203 Å². The molecule has 9 aromatic rings. The maximum atomic E-state index is 13.8. The minimum absolute atomic E-state index is 0.0179. The van der Waals surface area contributed by atoms with Crippen LogP contribution in [0.5, 0.6) is 17.2 Å². The van der Waals surface area contributed by atoms with E-state index in [4.69, 9.17) is 0 Å². The number of nitrogens with zero attached hydrogens (tertiary/aromatic N) is 3. The lowest BCUT2D eigenvalue weighted by Gasteiger charge is -2.29. The maximum Gasteiger partial charge on any atom is 0.167 e. The normalized spacial score (nSPS) is 13.5. The highest BCUT2D eigenvalue weighted by Crippen LogP contribution is 2.36. The van der Waals surface area contributed by atoms with Crippen molar-refractivity contribution in [3.8, 4) is 17.2 Å². The van der Waals surface area contributed by atoms with Gasteiger partial charge in [0.25, 0.3) is 0 Å². The second-order valence-corrected chi connectivity index (χ2v) is 21.9. The van der Waals surface area contributed by atoms with Crippen LogP contribution in [0.1, 0.15) is 115 Å². The first-order valence-corrected chi connectivity index (χ1v) is 27.9. The first-order chi connectivity index (χ1) is 39.3. The molecule has 9 aromatic carbocycles. The van der Waals surface area contributed by atoms with Gasteiger partial charge in [0.15, 0.2) is 17.3 Å². The molecule has 408 valence electrons. The highest BCUT2D eigenvalue weighted by atomic mass is 16.3. The number of aromatic hydroxyl groups is 3. The fraction of sp³-hybridized carbons (Fsp3) is 0.208. The average molecular weight is 1070 g/mol. The van der Waals surface area contributed by atoms with Gasteiger partial charge in [-0.1, -0.05) is 217 Å². The fourth-order valence-electron chi connectivity index (χ4n) is 11.5. The van der Waals surface area contributed by atoms with Crippen LogP contribution in [0, 0.1) is 20.8 Å². The summed E-state index contributed by atoms with van der Waals surface area (Å²) in [4.78, 5) is 48.0. The number of aryl methyl sites for hydroxylation is 3. The van der Waals surface area contributed by atoms with Crippen molar-refractivity contribution in [3.05, 3.63) is 300 Å². The minimum atomic E-state index is 0.0179. The number of Topliss-reactive ketones (excluding diaryl/α,β-unsaturated/α-hetero) is 3. The van der Waals surface area contributed by atoms with Crippen molar-refractivity contribution in [2.45, 2.75) is 98.9 Å². The summed E-state index contributed by atoms with van der Waals surface area (Å²) in [6, 6.07) is 64.2. The molecule has 0 aliphatic carbocycles. The van der Waals surface area contributed by atoms with E-state index in [0.717, 1.165) is 50.1 Å². The highest BCUT2D eigenvalue weighted by molar-refractivity contribution is 5.98. The molecule has 1 aliphatic heterocycles. The number of benzene rings is 9. The van der Waals surface area contributed by atoms with Gasteiger partial charge in [0.1, 0.15) is 17.2 Å². The molecule has 0 spiro atoms. The second-order valence-electron chi connectivity index (χ2n) is 21.9. The number of phenolic OH excluding ortho intramolecular Hbond substituents is 3. The van der Waals surface area contributed by atoms with Crippen LogP contribution in [0.25, 0.3) is 0 Å². The molecule has 1 heterocycles. The lowest BCUT2D eigenvalue weighted by molar-refractivity contribution is 0.0984. The second kappa shape index (κ2) is 25.6. The van der Waals surface area contributed by atoms with E-state index >= 15 is 0 Å². The van der Waals surface area contributed by atoms with Gasteiger partial charge in [0, 0.05) is 128 Å². The molecule has 0 fully saturated rings. The van der Waals surface area contributed by atoms with Crippen LogP contribution >= 0.6 is 0 Å². The topological polar surface area (TPSA) is 122 Å². The molecule has 3 N–H and O–H groups in total. The van der Waals surface area contributed by atoms with Crippen molar-refractivity contribution in [2.24, 2.45) is 0 Å². The van der Waals surface area contributed by atoms with Gasteiger partial charge in [-0.2, -0.15) is 0 Å². The molecule has 9 nitrogen and oxygen atoms in total. The van der Waals surface area contributed by atoms with Crippen molar-refractivity contribution < 1.29 is 29.7 Å². The van der Waals surface area contributed by atoms with E-state index in [9.17, 15) is 29.7 Å². The molecule has 10 rings (SSSR count). The van der Waals surface area contributed by atoms with Gasteiger partial charge in [0.2, 0.25) is 0 Å². The van der Waals surface area contributed by atoms with Crippen LogP contribution in [0.15, 0.2) is 200 Å². The van der Waals surface area contributed by atoms with E-state index in [1.165, 1.54) is 0 Å². The number of fused-ring (bicyclic) bond motifs is 6. The van der Waals surface area contributed by atoms with E-state index in [-0.39, 0.29) is 53.9 Å². The zero-order valence-corrected chi connectivity index (χ0v) is 46.4. The summed E-state index contributed by atoms with van der Waals surface area (Å²) in [5, 5.41) is 37.9.